The molecular formula is C19H22FNO2S. The van der Waals surface area contributed by atoms with Crippen molar-refractivity contribution in [3.63, 3.8) is 0 Å². The first-order chi connectivity index (χ1) is 11.6. The van der Waals surface area contributed by atoms with Gasteiger partial charge in [0.25, 0.3) is 5.91 Å². The second-order valence-corrected chi connectivity index (χ2v) is 7.50. The van der Waals surface area contributed by atoms with E-state index in [1.165, 1.54) is 17.4 Å². The van der Waals surface area contributed by atoms with Crippen molar-refractivity contribution in [3.8, 4) is 10.4 Å². The van der Waals surface area contributed by atoms with Gasteiger partial charge in [0, 0.05) is 30.1 Å². The van der Waals surface area contributed by atoms with E-state index >= 15 is 0 Å². The predicted octanol–water partition coefficient (Wildman–Crippen LogP) is 4.18. The van der Waals surface area contributed by atoms with Gasteiger partial charge in [-0.1, -0.05) is 18.2 Å². The quantitative estimate of drug-likeness (QED) is 0.901. The Kier molecular flexibility index (Phi) is 5.31. The van der Waals surface area contributed by atoms with Gasteiger partial charge in [0.05, 0.1) is 4.88 Å². The lowest BCUT2D eigenvalue weighted by Crippen LogP contribution is -2.39. The molecule has 1 aromatic carbocycles. The highest BCUT2D eigenvalue weighted by Crippen LogP contribution is 2.32. The highest BCUT2D eigenvalue weighted by atomic mass is 32.1. The van der Waals surface area contributed by atoms with Gasteiger partial charge in [-0.3, -0.25) is 4.79 Å². The summed E-state index contributed by atoms with van der Waals surface area (Å²) in [5.74, 6) is 0.100. The molecule has 0 unspecified atom stereocenters. The van der Waals surface area contributed by atoms with Crippen molar-refractivity contribution in [1.82, 2.24) is 4.90 Å². The van der Waals surface area contributed by atoms with Gasteiger partial charge in [-0.05, 0) is 49.8 Å². The number of hydrogen-bond donors (Lipinski definition) is 1. The molecule has 0 saturated heterocycles. The van der Waals surface area contributed by atoms with E-state index < -0.39 is 0 Å². The normalized spacial score (nSPS) is 20.8. The lowest BCUT2D eigenvalue weighted by molar-refractivity contribution is 0.0657. The molecule has 1 heterocycles. The molecule has 1 fully saturated rings. The monoisotopic (exact) mass is 347 g/mol. The number of carbonyl (C=O) groups excluding carboxylic acids is 1. The lowest BCUT2D eigenvalue weighted by Gasteiger charge is -2.33. The number of thiophene rings is 1. The number of aliphatic hydroxyl groups excluding tert-OH is 1. The van der Waals surface area contributed by atoms with Crippen LogP contribution in [0.25, 0.3) is 10.4 Å². The number of amides is 1. The molecule has 1 amide bonds. The standard InChI is InChI=1S/C19H22FNO2S/c1-21(14-8-6-13(12-22)7-9-14)19(23)18-11-10-17(24-18)15-4-2-3-5-16(15)20/h2-5,10-11,13-14,22H,6-9,12H2,1H3. The fourth-order valence-corrected chi connectivity index (χ4v) is 4.33. The molecule has 0 spiro atoms. The van der Waals surface area contributed by atoms with Crippen LogP contribution in [0.5, 0.6) is 0 Å². The zero-order valence-corrected chi connectivity index (χ0v) is 14.6. The van der Waals surface area contributed by atoms with E-state index in [1.54, 1.807) is 24.3 Å². The number of halogens is 1. The molecule has 1 aromatic heterocycles. The summed E-state index contributed by atoms with van der Waals surface area (Å²) in [6.07, 6.45) is 3.78. The highest BCUT2D eigenvalue weighted by Gasteiger charge is 2.27. The van der Waals surface area contributed by atoms with Crippen LogP contribution in [0.4, 0.5) is 4.39 Å². The summed E-state index contributed by atoms with van der Waals surface area (Å²) in [7, 11) is 1.84. The second kappa shape index (κ2) is 7.45. The van der Waals surface area contributed by atoms with Crippen molar-refractivity contribution in [3.05, 3.63) is 47.1 Å². The van der Waals surface area contributed by atoms with E-state index in [0.717, 1.165) is 30.6 Å². The highest BCUT2D eigenvalue weighted by molar-refractivity contribution is 7.17. The molecule has 0 radical (unpaired) electrons. The minimum absolute atomic E-state index is 0.00459. The SMILES string of the molecule is CN(C(=O)c1ccc(-c2ccccc2F)s1)C1CCC(CO)CC1. The summed E-state index contributed by atoms with van der Waals surface area (Å²) < 4.78 is 13.9. The molecule has 0 atom stereocenters. The van der Waals surface area contributed by atoms with E-state index in [1.807, 2.05) is 18.0 Å². The Hall–Kier alpha value is -1.72. The average molecular weight is 347 g/mol. The first-order valence-electron chi connectivity index (χ1n) is 8.33. The summed E-state index contributed by atoms with van der Waals surface area (Å²) in [5, 5.41) is 9.23. The van der Waals surface area contributed by atoms with Crippen LogP contribution in [0.2, 0.25) is 0 Å². The number of hydrogen-bond acceptors (Lipinski definition) is 3. The van der Waals surface area contributed by atoms with Crippen LogP contribution in [0.3, 0.4) is 0 Å². The van der Waals surface area contributed by atoms with Crippen molar-refractivity contribution in [2.24, 2.45) is 5.92 Å². The van der Waals surface area contributed by atoms with Gasteiger partial charge in [0.2, 0.25) is 0 Å². The molecule has 128 valence electrons. The smallest absolute Gasteiger partial charge is 0.263 e. The van der Waals surface area contributed by atoms with Crippen LogP contribution >= 0.6 is 11.3 Å². The Labute approximate surface area is 145 Å². The van der Waals surface area contributed by atoms with E-state index in [-0.39, 0.29) is 24.4 Å². The van der Waals surface area contributed by atoms with Crippen molar-refractivity contribution >= 4 is 17.2 Å². The van der Waals surface area contributed by atoms with Crippen LogP contribution in [0.15, 0.2) is 36.4 Å². The fraction of sp³-hybridized carbons (Fsp3) is 0.421. The van der Waals surface area contributed by atoms with Crippen LogP contribution in [0.1, 0.15) is 35.4 Å². The average Bonchev–Trinajstić information content (AvgIpc) is 3.11. The van der Waals surface area contributed by atoms with Gasteiger partial charge in [-0.2, -0.15) is 0 Å². The van der Waals surface area contributed by atoms with Crippen LogP contribution in [-0.2, 0) is 0 Å². The van der Waals surface area contributed by atoms with Crippen molar-refractivity contribution < 1.29 is 14.3 Å². The maximum Gasteiger partial charge on any atom is 0.263 e. The number of rotatable bonds is 4. The first kappa shape index (κ1) is 17.1. The first-order valence-corrected chi connectivity index (χ1v) is 9.14. The third-order valence-corrected chi connectivity index (χ3v) is 6.01. The number of nitrogens with zero attached hydrogens (tertiary/aromatic N) is 1. The van der Waals surface area contributed by atoms with E-state index in [4.69, 9.17) is 0 Å². The van der Waals surface area contributed by atoms with Crippen molar-refractivity contribution in [1.29, 1.82) is 0 Å². The van der Waals surface area contributed by atoms with Gasteiger partial charge < -0.3 is 10.0 Å². The Balaban J connectivity index is 1.71. The molecule has 0 bridgehead atoms. The Morgan fingerprint density at radius 2 is 1.92 bits per heavy atom. The van der Waals surface area contributed by atoms with E-state index in [9.17, 15) is 14.3 Å². The largest absolute Gasteiger partial charge is 0.396 e. The minimum atomic E-state index is -0.269. The summed E-state index contributed by atoms with van der Waals surface area (Å²) >= 11 is 1.33. The Morgan fingerprint density at radius 1 is 1.21 bits per heavy atom. The Morgan fingerprint density at radius 3 is 2.58 bits per heavy atom. The molecule has 3 nitrogen and oxygen atoms in total. The maximum absolute atomic E-state index is 13.9. The maximum atomic E-state index is 13.9. The molecule has 2 aromatic rings. The number of carbonyl (C=O) groups is 1. The number of aliphatic hydroxyl groups is 1. The van der Waals surface area contributed by atoms with Gasteiger partial charge in [0.1, 0.15) is 5.82 Å². The third-order valence-electron chi connectivity index (χ3n) is 4.90. The summed E-state index contributed by atoms with van der Waals surface area (Å²) in [6.45, 7) is 0.237. The molecule has 1 aliphatic carbocycles. The van der Waals surface area contributed by atoms with Gasteiger partial charge in [-0.25, -0.2) is 4.39 Å². The molecule has 3 rings (SSSR count). The molecular weight excluding hydrogens is 325 g/mol. The Bertz CT molecular complexity index is 707. The topological polar surface area (TPSA) is 40.5 Å². The van der Waals surface area contributed by atoms with Crippen LogP contribution in [-0.4, -0.2) is 35.6 Å². The van der Waals surface area contributed by atoms with Crippen molar-refractivity contribution in [2.45, 2.75) is 31.7 Å². The molecule has 1 saturated carbocycles. The van der Waals surface area contributed by atoms with Crippen LogP contribution in [0, 0.1) is 11.7 Å². The summed E-state index contributed by atoms with van der Waals surface area (Å²) in [5.41, 5.74) is 0.535. The summed E-state index contributed by atoms with van der Waals surface area (Å²) in [4.78, 5) is 15.9. The summed E-state index contributed by atoms with van der Waals surface area (Å²) in [6, 6.07) is 10.4. The second-order valence-electron chi connectivity index (χ2n) is 6.42. The van der Waals surface area contributed by atoms with Crippen LogP contribution < -0.4 is 0 Å². The van der Waals surface area contributed by atoms with E-state index in [2.05, 4.69) is 0 Å². The molecule has 0 aliphatic heterocycles. The third kappa shape index (κ3) is 3.52. The fourth-order valence-electron chi connectivity index (χ4n) is 3.31. The molecule has 5 heteroatoms. The minimum Gasteiger partial charge on any atom is -0.396 e. The number of benzene rings is 1. The van der Waals surface area contributed by atoms with Crippen molar-refractivity contribution in [2.75, 3.05) is 13.7 Å². The van der Waals surface area contributed by atoms with Gasteiger partial charge in [0.15, 0.2) is 0 Å². The molecule has 1 aliphatic rings. The van der Waals surface area contributed by atoms with E-state index in [0.29, 0.717) is 16.4 Å². The van der Waals surface area contributed by atoms with Gasteiger partial charge >= 0.3 is 0 Å². The molecule has 24 heavy (non-hydrogen) atoms. The predicted molar refractivity (Wildman–Crippen MR) is 94.6 cm³/mol. The van der Waals surface area contributed by atoms with Gasteiger partial charge in [-0.15, -0.1) is 11.3 Å². The lowest BCUT2D eigenvalue weighted by atomic mass is 9.86. The zero-order valence-electron chi connectivity index (χ0n) is 13.7. The molecule has 1 N–H and O–H groups in total. The zero-order chi connectivity index (χ0) is 17.1.